The molecule has 2 fully saturated rings. The quantitative estimate of drug-likeness (QED) is 0.834. The van der Waals surface area contributed by atoms with Gasteiger partial charge < -0.3 is 10.2 Å². The van der Waals surface area contributed by atoms with Gasteiger partial charge in [-0.25, -0.2) is 0 Å². The molecule has 0 bridgehead atoms. The van der Waals surface area contributed by atoms with Crippen molar-refractivity contribution in [2.75, 3.05) is 38.0 Å². The van der Waals surface area contributed by atoms with Crippen LogP contribution < -0.4 is 5.32 Å². The van der Waals surface area contributed by atoms with Crippen molar-refractivity contribution in [2.45, 2.75) is 32.6 Å². The molecule has 5 nitrogen and oxygen atoms in total. The van der Waals surface area contributed by atoms with Crippen LogP contribution >= 0.6 is 15.9 Å². The number of halogens is 1. The molecule has 6 heteroatoms. The second-order valence-corrected chi connectivity index (χ2v) is 7.97. The molecule has 1 N–H and O–H groups in total. The number of anilines is 1. The molecule has 0 saturated carbocycles. The Bertz CT molecular complexity index is 636. The molecule has 0 aliphatic carbocycles. The van der Waals surface area contributed by atoms with Gasteiger partial charge in [0.05, 0.1) is 12.2 Å². The smallest absolute Gasteiger partial charge is 0.238 e. The van der Waals surface area contributed by atoms with E-state index in [9.17, 15) is 9.59 Å². The lowest BCUT2D eigenvalue weighted by atomic mass is 9.95. The third-order valence-electron chi connectivity index (χ3n) is 5.12. The molecule has 2 aliphatic heterocycles. The average Bonchev–Trinajstić information content (AvgIpc) is 3.12. The van der Waals surface area contributed by atoms with Crippen molar-refractivity contribution in [3.05, 3.63) is 28.2 Å². The van der Waals surface area contributed by atoms with E-state index in [0.29, 0.717) is 12.5 Å². The van der Waals surface area contributed by atoms with Crippen LogP contribution in [-0.2, 0) is 9.59 Å². The summed E-state index contributed by atoms with van der Waals surface area (Å²) in [5, 5.41) is 2.96. The number of benzene rings is 1. The molecule has 0 spiro atoms. The molecule has 1 aromatic carbocycles. The molecule has 2 saturated heterocycles. The summed E-state index contributed by atoms with van der Waals surface area (Å²) < 4.78 is 0.899. The van der Waals surface area contributed by atoms with Gasteiger partial charge in [-0.3, -0.25) is 14.5 Å². The fourth-order valence-corrected chi connectivity index (χ4v) is 4.24. The molecule has 3 rings (SSSR count). The van der Waals surface area contributed by atoms with Crippen molar-refractivity contribution in [3.63, 3.8) is 0 Å². The molecular weight excluding hydrogens is 382 g/mol. The second kappa shape index (κ2) is 8.32. The summed E-state index contributed by atoms with van der Waals surface area (Å²) in [6.07, 6.45) is 3.99. The third kappa shape index (κ3) is 4.82. The Labute approximate surface area is 157 Å². The van der Waals surface area contributed by atoms with Crippen LogP contribution in [0.1, 0.15) is 31.2 Å². The van der Waals surface area contributed by atoms with Crippen LogP contribution in [0.4, 0.5) is 5.69 Å². The minimum atomic E-state index is -0.00567. The Kier molecular flexibility index (Phi) is 6.12. The van der Waals surface area contributed by atoms with Gasteiger partial charge >= 0.3 is 0 Å². The maximum atomic E-state index is 12.5. The molecule has 2 amide bonds. The fourth-order valence-electron chi connectivity index (χ4n) is 3.65. The Morgan fingerprint density at radius 2 is 1.84 bits per heavy atom. The van der Waals surface area contributed by atoms with Crippen molar-refractivity contribution in [3.8, 4) is 0 Å². The third-order valence-corrected chi connectivity index (χ3v) is 5.78. The molecule has 2 aliphatic rings. The van der Waals surface area contributed by atoms with E-state index in [1.807, 2.05) is 30.0 Å². The summed E-state index contributed by atoms with van der Waals surface area (Å²) >= 11 is 3.49. The maximum Gasteiger partial charge on any atom is 0.238 e. The largest absolute Gasteiger partial charge is 0.342 e. The van der Waals surface area contributed by atoms with Crippen LogP contribution in [0.3, 0.4) is 0 Å². The summed E-state index contributed by atoms with van der Waals surface area (Å²) in [7, 11) is 0. The Morgan fingerprint density at radius 1 is 1.16 bits per heavy atom. The van der Waals surface area contributed by atoms with Crippen molar-refractivity contribution in [2.24, 2.45) is 5.92 Å². The minimum Gasteiger partial charge on any atom is -0.342 e. The van der Waals surface area contributed by atoms with E-state index < -0.39 is 0 Å². The van der Waals surface area contributed by atoms with Crippen molar-refractivity contribution in [1.29, 1.82) is 0 Å². The highest BCUT2D eigenvalue weighted by Crippen LogP contribution is 2.24. The zero-order valence-electron chi connectivity index (χ0n) is 14.8. The van der Waals surface area contributed by atoms with E-state index in [1.165, 1.54) is 0 Å². The Morgan fingerprint density at radius 3 is 2.48 bits per heavy atom. The van der Waals surface area contributed by atoms with Gasteiger partial charge in [-0.1, -0.05) is 6.07 Å². The van der Waals surface area contributed by atoms with Gasteiger partial charge in [-0.15, -0.1) is 0 Å². The first kappa shape index (κ1) is 18.4. The first-order chi connectivity index (χ1) is 12.0. The summed E-state index contributed by atoms with van der Waals surface area (Å²) in [6.45, 7) is 5.87. The molecule has 136 valence electrons. The Balaban J connectivity index is 1.45. The zero-order valence-corrected chi connectivity index (χ0v) is 16.3. The van der Waals surface area contributed by atoms with E-state index in [1.54, 1.807) is 0 Å². The van der Waals surface area contributed by atoms with E-state index in [2.05, 4.69) is 26.1 Å². The van der Waals surface area contributed by atoms with Gasteiger partial charge in [0.25, 0.3) is 0 Å². The van der Waals surface area contributed by atoms with Crippen LogP contribution in [0.2, 0.25) is 0 Å². The summed E-state index contributed by atoms with van der Waals surface area (Å²) in [5.41, 5.74) is 1.95. The lowest BCUT2D eigenvalue weighted by Gasteiger charge is -2.32. The number of hydrogen-bond donors (Lipinski definition) is 1. The predicted molar refractivity (Wildman–Crippen MR) is 102 cm³/mol. The van der Waals surface area contributed by atoms with E-state index in [0.717, 1.165) is 67.6 Å². The van der Waals surface area contributed by atoms with Crippen LogP contribution in [0, 0.1) is 12.8 Å². The highest BCUT2D eigenvalue weighted by atomic mass is 79.9. The predicted octanol–water partition coefficient (Wildman–Crippen LogP) is 3.03. The van der Waals surface area contributed by atoms with E-state index in [-0.39, 0.29) is 11.8 Å². The fraction of sp³-hybridized carbons (Fsp3) is 0.579. The lowest BCUT2D eigenvalue weighted by molar-refractivity contribution is -0.136. The molecule has 0 aromatic heterocycles. The van der Waals surface area contributed by atoms with Gasteiger partial charge in [0.2, 0.25) is 11.8 Å². The lowest BCUT2D eigenvalue weighted by Crippen LogP contribution is -2.43. The number of likely N-dealkylation sites (tertiary alicyclic amines) is 2. The highest BCUT2D eigenvalue weighted by Gasteiger charge is 2.30. The Hall–Kier alpha value is -1.40. The van der Waals surface area contributed by atoms with Gasteiger partial charge in [0, 0.05) is 23.5 Å². The molecule has 1 aromatic rings. The molecule has 25 heavy (non-hydrogen) atoms. The number of piperidine rings is 1. The van der Waals surface area contributed by atoms with Crippen LogP contribution in [0.15, 0.2) is 22.7 Å². The zero-order chi connectivity index (χ0) is 17.8. The topological polar surface area (TPSA) is 52.7 Å². The molecule has 0 atom stereocenters. The highest BCUT2D eigenvalue weighted by molar-refractivity contribution is 9.10. The second-order valence-electron chi connectivity index (χ2n) is 7.11. The van der Waals surface area contributed by atoms with E-state index >= 15 is 0 Å². The van der Waals surface area contributed by atoms with Gasteiger partial charge in [-0.2, -0.15) is 0 Å². The van der Waals surface area contributed by atoms with Crippen LogP contribution in [-0.4, -0.2) is 54.3 Å². The monoisotopic (exact) mass is 407 g/mol. The number of nitrogens with one attached hydrogen (secondary N) is 1. The van der Waals surface area contributed by atoms with Crippen molar-refractivity contribution in [1.82, 2.24) is 9.80 Å². The van der Waals surface area contributed by atoms with Crippen LogP contribution in [0.5, 0.6) is 0 Å². The SMILES string of the molecule is Cc1ccc(NC(=O)CN2CCC(C(=O)N3CCCC3)CC2)c(Br)c1. The number of rotatable bonds is 4. The van der Waals surface area contributed by atoms with Gasteiger partial charge in [0.1, 0.15) is 0 Å². The van der Waals surface area contributed by atoms with E-state index in [4.69, 9.17) is 0 Å². The minimum absolute atomic E-state index is 0.00567. The summed E-state index contributed by atoms with van der Waals surface area (Å²) in [5.74, 6) is 0.461. The number of carbonyl (C=O) groups excluding carboxylic acids is 2. The first-order valence-corrected chi connectivity index (χ1v) is 9.89. The number of nitrogens with zero attached hydrogens (tertiary/aromatic N) is 2. The maximum absolute atomic E-state index is 12.5. The number of carbonyl (C=O) groups is 2. The van der Waals surface area contributed by atoms with Gasteiger partial charge in [-0.05, 0) is 79.3 Å². The number of hydrogen-bond acceptors (Lipinski definition) is 3. The summed E-state index contributed by atoms with van der Waals surface area (Å²) in [4.78, 5) is 28.9. The van der Waals surface area contributed by atoms with Gasteiger partial charge in [0.15, 0.2) is 0 Å². The number of aryl methyl sites for hydroxylation is 1. The normalized spacial score (nSPS) is 19.2. The van der Waals surface area contributed by atoms with Crippen molar-refractivity contribution >= 4 is 33.4 Å². The first-order valence-electron chi connectivity index (χ1n) is 9.10. The standard InChI is InChI=1S/C19H26BrN3O2/c1-14-4-5-17(16(20)12-14)21-18(24)13-22-10-6-15(7-11-22)19(25)23-8-2-3-9-23/h4-5,12,15H,2-3,6-11,13H2,1H3,(H,21,24). The molecule has 0 unspecified atom stereocenters. The number of amides is 2. The summed E-state index contributed by atoms with van der Waals surface area (Å²) in [6, 6.07) is 5.89. The molecule has 2 heterocycles. The molecular formula is C19H26BrN3O2. The average molecular weight is 408 g/mol. The van der Waals surface area contributed by atoms with Crippen LogP contribution in [0.25, 0.3) is 0 Å². The molecule has 0 radical (unpaired) electrons. The van der Waals surface area contributed by atoms with Crippen molar-refractivity contribution < 1.29 is 9.59 Å².